The van der Waals surface area contributed by atoms with Gasteiger partial charge in [0, 0.05) is 10.9 Å². The molecule has 108 valence electrons. The van der Waals surface area contributed by atoms with Crippen molar-refractivity contribution in [2.24, 2.45) is 0 Å². The molecule has 0 radical (unpaired) electrons. The summed E-state index contributed by atoms with van der Waals surface area (Å²) in [6.07, 6.45) is 0. The summed E-state index contributed by atoms with van der Waals surface area (Å²) in [5.41, 5.74) is 5.94. The number of hydrogen-bond acceptors (Lipinski definition) is 1. The molecule has 4 aromatic rings. The van der Waals surface area contributed by atoms with E-state index in [2.05, 4.69) is 34.9 Å². The topological polar surface area (TPSA) is 22.0 Å². The van der Waals surface area contributed by atoms with Crippen molar-refractivity contribution in [2.75, 3.05) is 0 Å². The quantitative estimate of drug-likeness (QED) is 0.433. The zero-order chi connectivity index (χ0) is 15.4. The van der Waals surface area contributed by atoms with Gasteiger partial charge in [-0.1, -0.05) is 54.6 Å². The van der Waals surface area contributed by atoms with Gasteiger partial charge in [0.15, 0.2) is 0 Å². The summed E-state index contributed by atoms with van der Waals surface area (Å²) >= 11 is 0. The smallest absolute Gasteiger partial charge is 0.211 e. The monoisotopic (exact) mass is 295 g/mol. The Balaban J connectivity index is 1.87. The zero-order valence-electron chi connectivity index (χ0n) is 12.4. The predicted molar refractivity (Wildman–Crippen MR) is 92.1 cm³/mol. The van der Waals surface area contributed by atoms with Crippen LogP contribution in [0.3, 0.4) is 0 Å². The lowest BCUT2D eigenvalue weighted by molar-refractivity contribution is 0.104. The third-order valence-corrected chi connectivity index (χ3v) is 4.55. The first-order valence-corrected chi connectivity index (χ1v) is 7.68. The van der Waals surface area contributed by atoms with Crippen molar-refractivity contribution >= 4 is 16.7 Å². The van der Waals surface area contributed by atoms with Crippen LogP contribution in [0.15, 0.2) is 78.9 Å². The summed E-state index contributed by atoms with van der Waals surface area (Å²) in [7, 11) is 0. The molecule has 1 aliphatic heterocycles. The summed E-state index contributed by atoms with van der Waals surface area (Å²) in [4.78, 5) is 12.7. The maximum absolute atomic E-state index is 12.7. The van der Waals surface area contributed by atoms with Gasteiger partial charge in [0.2, 0.25) is 5.78 Å². The molecule has 2 heteroatoms. The maximum Gasteiger partial charge on any atom is 0.211 e. The van der Waals surface area contributed by atoms with Gasteiger partial charge in [-0.05, 0) is 35.4 Å². The molecule has 0 aliphatic carbocycles. The number of fused-ring (bicyclic) bond motifs is 5. The molecule has 0 bridgehead atoms. The number of ketones is 1. The lowest BCUT2D eigenvalue weighted by Crippen LogP contribution is -1.94. The van der Waals surface area contributed by atoms with Gasteiger partial charge in [-0.25, -0.2) is 0 Å². The molecule has 0 atom stereocenters. The largest absolute Gasteiger partial charge is 0.305 e. The fraction of sp³-hybridized carbons (Fsp3) is 0. The summed E-state index contributed by atoms with van der Waals surface area (Å²) < 4.78 is 2.08. The Morgan fingerprint density at radius 3 is 2.30 bits per heavy atom. The van der Waals surface area contributed by atoms with Crippen molar-refractivity contribution < 1.29 is 4.79 Å². The first-order chi connectivity index (χ1) is 11.3. The van der Waals surface area contributed by atoms with Gasteiger partial charge < -0.3 is 4.57 Å². The van der Waals surface area contributed by atoms with Crippen molar-refractivity contribution in [3.8, 4) is 16.8 Å². The van der Waals surface area contributed by atoms with Gasteiger partial charge in [0.1, 0.15) is 0 Å². The number of carbonyl (C=O) groups excluding carboxylic acids is 1. The highest BCUT2D eigenvalue weighted by Gasteiger charge is 2.28. The van der Waals surface area contributed by atoms with E-state index in [1.165, 1.54) is 5.56 Å². The summed E-state index contributed by atoms with van der Waals surface area (Å²) in [5.74, 6) is 0.107. The molecule has 0 amide bonds. The molecule has 0 N–H and O–H groups in total. The Morgan fingerprint density at radius 1 is 0.696 bits per heavy atom. The molecule has 23 heavy (non-hydrogen) atoms. The van der Waals surface area contributed by atoms with Gasteiger partial charge >= 0.3 is 0 Å². The summed E-state index contributed by atoms with van der Waals surface area (Å²) in [6, 6.07) is 26.4. The first-order valence-electron chi connectivity index (χ1n) is 7.68. The highest BCUT2D eigenvalue weighted by molar-refractivity contribution is 6.18. The minimum absolute atomic E-state index is 0.107. The number of rotatable bonds is 1. The Morgan fingerprint density at radius 2 is 1.43 bits per heavy atom. The minimum atomic E-state index is 0.107. The number of hydrogen-bond donors (Lipinski definition) is 0. The lowest BCUT2D eigenvalue weighted by atomic mass is 10.0. The number of nitrogens with zero attached hydrogens (tertiary/aromatic N) is 1. The number of para-hydroxylation sites is 1. The molecule has 0 fully saturated rings. The van der Waals surface area contributed by atoms with Gasteiger partial charge in [-0.15, -0.1) is 0 Å². The number of benzene rings is 3. The molecular formula is C21H13NO. The highest BCUT2D eigenvalue weighted by Crippen LogP contribution is 2.37. The molecule has 2 heterocycles. The van der Waals surface area contributed by atoms with Crippen LogP contribution in [0.4, 0.5) is 0 Å². The van der Waals surface area contributed by atoms with E-state index < -0.39 is 0 Å². The van der Waals surface area contributed by atoms with Crippen molar-refractivity contribution in [3.05, 3.63) is 90.1 Å². The van der Waals surface area contributed by atoms with Gasteiger partial charge in [0.05, 0.1) is 16.9 Å². The lowest BCUT2D eigenvalue weighted by Gasteiger charge is -2.07. The number of aromatic nitrogens is 1. The fourth-order valence-corrected chi connectivity index (χ4v) is 3.53. The van der Waals surface area contributed by atoms with E-state index in [0.29, 0.717) is 0 Å². The van der Waals surface area contributed by atoms with Crippen molar-refractivity contribution in [2.45, 2.75) is 0 Å². The fourth-order valence-electron chi connectivity index (χ4n) is 3.53. The summed E-state index contributed by atoms with van der Waals surface area (Å²) in [5, 5.41) is 1.12. The van der Waals surface area contributed by atoms with Crippen LogP contribution in [0, 0.1) is 0 Å². The average molecular weight is 295 g/mol. The van der Waals surface area contributed by atoms with E-state index in [0.717, 1.165) is 33.4 Å². The molecule has 0 saturated carbocycles. The van der Waals surface area contributed by atoms with Crippen molar-refractivity contribution in [3.63, 3.8) is 0 Å². The third-order valence-electron chi connectivity index (χ3n) is 4.55. The van der Waals surface area contributed by atoms with Crippen LogP contribution in [0.25, 0.3) is 27.7 Å². The van der Waals surface area contributed by atoms with Crippen LogP contribution in [-0.2, 0) is 0 Å². The van der Waals surface area contributed by atoms with Gasteiger partial charge in [-0.3, -0.25) is 4.79 Å². The van der Waals surface area contributed by atoms with Crippen LogP contribution < -0.4 is 0 Å². The van der Waals surface area contributed by atoms with E-state index in [9.17, 15) is 4.79 Å². The van der Waals surface area contributed by atoms with E-state index in [-0.39, 0.29) is 5.78 Å². The van der Waals surface area contributed by atoms with E-state index >= 15 is 0 Å². The second kappa shape index (κ2) is 4.43. The second-order valence-electron chi connectivity index (χ2n) is 5.82. The Hall–Kier alpha value is -3.13. The Kier molecular flexibility index (Phi) is 2.39. The molecule has 0 unspecified atom stereocenters. The van der Waals surface area contributed by atoms with Crippen LogP contribution in [0.1, 0.15) is 16.1 Å². The average Bonchev–Trinajstić information content (AvgIpc) is 3.12. The Labute approximate surface area is 133 Å². The molecule has 3 aromatic carbocycles. The molecule has 5 rings (SSSR count). The number of carbonyl (C=O) groups is 1. The molecule has 1 aromatic heterocycles. The van der Waals surface area contributed by atoms with Crippen LogP contribution in [0.5, 0.6) is 0 Å². The molecular weight excluding hydrogens is 282 g/mol. The molecule has 0 saturated heterocycles. The molecule has 0 spiro atoms. The minimum Gasteiger partial charge on any atom is -0.305 e. The van der Waals surface area contributed by atoms with Crippen LogP contribution in [-0.4, -0.2) is 10.4 Å². The highest BCUT2D eigenvalue weighted by atomic mass is 16.1. The second-order valence-corrected chi connectivity index (χ2v) is 5.82. The molecule has 2 nitrogen and oxygen atoms in total. The maximum atomic E-state index is 12.7. The molecule has 1 aliphatic rings. The standard InChI is InChI=1S/C21H13NO/c23-21-16-9-4-5-11-18(16)22-19-12-6-10-15(17(19)13-20(21)22)14-7-2-1-3-8-14/h1-13H. The van der Waals surface area contributed by atoms with E-state index in [1.54, 1.807) is 0 Å². The SMILES string of the molecule is O=C1c2ccccc2-n2c1cc1c(-c3ccccc3)cccc12. The van der Waals surface area contributed by atoms with Gasteiger partial charge in [-0.2, -0.15) is 0 Å². The van der Waals surface area contributed by atoms with Crippen molar-refractivity contribution in [1.82, 2.24) is 4.57 Å². The van der Waals surface area contributed by atoms with Crippen LogP contribution in [0.2, 0.25) is 0 Å². The zero-order valence-corrected chi connectivity index (χ0v) is 12.4. The van der Waals surface area contributed by atoms with Crippen LogP contribution >= 0.6 is 0 Å². The van der Waals surface area contributed by atoms with E-state index in [1.807, 2.05) is 48.5 Å². The third kappa shape index (κ3) is 1.60. The first kappa shape index (κ1) is 12.4. The van der Waals surface area contributed by atoms with E-state index in [4.69, 9.17) is 0 Å². The Bertz CT molecular complexity index is 1070. The predicted octanol–water partition coefficient (Wildman–Crippen LogP) is 4.84. The van der Waals surface area contributed by atoms with Crippen molar-refractivity contribution in [1.29, 1.82) is 0 Å². The van der Waals surface area contributed by atoms with Gasteiger partial charge in [0.25, 0.3) is 0 Å². The summed E-state index contributed by atoms with van der Waals surface area (Å²) in [6.45, 7) is 0. The normalized spacial score (nSPS) is 12.4.